The van der Waals surface area contributed by atoms with Crippen LogP contribution < -0.4 is 10.1 Å². The van der Waals surface area contributed by atoms with Crippen LogP contribution in [0.1, 0.15) is 13.8 Å². The number of carbonyl (C=O) groups excluding carboxylic acids is 4. The van der Waals surface area contributed by atoms with Gasteiger partial charge in [-0.05, 0) is 26.0 Å². The second-order valence-electron chi connectivity index (χ2n) is 7.24. The van der Waals surface area contributed by atoms with Crippen molar-refractivity contribution in [1.82, 2.24) is 10.2 Å². The number of fused-ring (bicyclic) bond motifs is 1. The summed E-state index contributed by atoms with van der Waals surface area (Å²) in [6, 6.07) is 7.65. The fourth-order valence-corrected chi connectivity index (χ4v) is 4.75. The van der Waals surface area contributed by atoms with Crippen LogP contribution in [0.3, 0.4) is 0 Å². The number of para-hydroxylation sites is 1. The monoisotopic (exact) mass is 566 g/mol. The zero-order valence-electron chi connectivity index (χ0n) is 18.5. The van der Waals surface area contributed by atoms with E-state index in [-0.39, 0.29) is 24.5 Å². The summed E-state index contributed by atoms with van der Waals surface area (Å²) >= 11 is 18.0. The molecule has 0 saturated carbocycles. The number of ether oxygens (including phenoxy) is 4. The zero-order valence-corrected chi connectivity index (χ0v) is 21.6. The van der Waals surface area contributed by atoms with E-state index in [0.717, 1.165) is 16.7 Å². The minimum absolute atomic E-state index is 0.0747. The average Bonchev–Trinajstić information content (AvgIpc) is 2.81. The maximum absolute atomic E-state index is 12.9. The third kappa shape index (κ3) is 6.87. The van der Waals surface area contributed by atoms with Crippen LogP contribution in [0.15, 0.2) is 41.6 Å². The Kier molecular flexibility index (Phi) is 9.03. The summed E-state index contributed by atoms with van der Waals surface area (Å²) in [5.74, 6) is -1.59. The van der Waals surface area contributed by atoms with Crippen molar-refractivity contribution in [2.24, 2.45) is 0 Å². The number of esters is 1. The lowest BCUT2D eigenvalue weighted by Gasteiger charge is -2.50. The summed E-state index contributed by atoms with van der Waals surface area (Å²) in [5.41, 5.74) is -0.953. The van der Waals surface area contributed by atoms with E-state index in [9.17, 15) is 19.2 Å². The molecule has 10 nitrogen and oxygen atoms in total. The Hall–Kier alpha value is -2.34. The Morgan fingerprint density at radius 2 is 1.83 bits per heavy atom. The maximum atomic E-state index is 12.9. The average molecular weight is 568 g/mol. The van der Waals surface area contributed by atoms with E-state index < -0.39 is 51.2 Å². The van der Waals surface area contributed by atoms with Gasteiger partial charge < -0.3 is 24.3 Å². The highest BCUT2D eigenvalue weighted by Gasteiger charge is 2.57. The molecule has 3 rings (SSSR count). The molecule has 0 aromatic heterocycles. The zero-order chi connectivity index (χ0) is 25.8. The van der Waals surface area contributed by atoms with Crippen molar-refractivity contribution >= 4 is 70.5 Å². The van der Waals surface area contributed by atoms with Crippen molar-refractivity contribution in [3.8, 4) is 5.75 Å². The van der Waals surface area contributed by atoms with E-state index in [1.165, 1.54) is 6.92 Å². The number of hydrogen-bond donors (Lipinski definition) is 1. The molecule has 190 valence electrons. The fraction of sp³-hybridized carbons (Fsp3) is 0.429. The number of alkyl halides is 3. The minimum Gasteiger partial charge on any atom is -0.484 e. The summed E-state index contributed by atoms with van der Waals surface area (Å²) in [7, 11) is 0. The lowest BCUT2D eigenvalue weighted by atomic mass is 10.0. The van der Waals surface area contributed by atoms with Gasteiger partial charge in [0.1, 0.15) is 29.5 Å². The number of nitrogens with one attached hydrogen (secondary N) is 1. The maximum Gasteiger partial charge on any atom is 0.509 e. The van der Waals surface area contributed by atoms with Crippen LogP contribution >= 0.6 is 46.6 Å². The normalized spacial score (nSPS) is 21.5. The number of nitrogens with zero attached hydrogens (tertiary/aromatic N) is 1. The lowest BCUT2D eigenvalue weighted by molar-refractivity contribution is -0.153. The van der Waals surface area contributed by atoms with Gasteiger partial charge in [0.15, 0.2) is 12.0 Å². The Bertz CT molecular complexity index is 1020. The summed E-state index contributed by atoms with van der Waals surface area (Å²) in [6.07, 6.45) is -0.964. The predicted octanol–water partition coefficient (Wildman–Crippen LogP) is 3.15. The highest BCUT2D eigenvalue weighted by molar-refractivity contribution is 8.00. The van der Waals surface area contributed by atoms with Gasteiger partial charge in [-0.2, -0.15) is 0 Å². The Morgan fingerprint density at radius 1 is 1.14 bits per heavy atom. The number of halogens is 3. The molecule has 1 saturated heterocycles. The molecule has 0 spiro atoms. The number of thioether (sulfide) groups is 1. The Labute approximate surface area is 220 Å². The van der Waals surface area contributed by atoms with Crippen LogP contribution in [0.2, 0.25) is 0 Å². The predicted molar refractivity (Wildman–Crippen MR) is 128 cm³/mol. The largest absolute Gasteiger partial charge is 0.509 e. The quantitative estimate of drug-likeness (QED) is 0.287. The van der Waals surface area contributed by atoms with E-state index in [1.807, 2.05) is 0 Å². The molecular weight excluding hydrogens is 547 g/mol. The molecule has 1 N–H and O–H groups in total. The molecule has 0 unspecified atom stereocenters. The number of hydrogen-bond acceptors (Lipinski definition) is 9. The second-order valence-corrected chi connectivity index (χ2v) is 10.9. The van der Waals surface area contributed by atoms with Crippen molar-refractivity contribution < 1.29 is 38.1 Å². The van der Waals surface area contributed by atoms with Crippen LogP contribution in [-0.4, -0.2) is 69.3 Å². The first-order valence-corrected chi connectivity index (χ1v) is 12.3. The molecule has 1 fully saturated rings. The van der Waals surface area contributed by atoms with E-state index in [1.54, 1.807) is 37.3 Å². The van der Waals surface area contributed by atoms with Crippen LogP contribution in [0.5, 0.6) is 5.75 Å². The Morgan fingerprint density at radius 3 is 2.46 bits per heavy atom. The van der Waals surface area contributed by atoms with Gasteiger partial charge in [0.2, 0.25) is 3.79 Å². The van der Waals surface area contributed by atoms with Crippen LogP contribution in [0.25, 0.3) is 0 Å². The molecular formula is C21H21Cl3N2O8S. The highest BCUT2D eigenvalue weighted by atomic mass is 35.6. The van der Waals surface area contributed by atoms with Crippen molar-refractivity contribution in [2.75, 3.05) is 19.8 Å². The minimum atomic E-state index is -1.87. The standard InChI is InChI=1S/C21H21Cl3N2O8S/c1-3-31-20(30)34-19-11(2)15(18(29)33-10-21(22,23)24)26-16(28)14(17(26)35-19)25-13(27)9-32-12-7-5-4-6-8-12/h4-8,14,17,19H,3,9-10H2,1-2H3,(H,25,27)/t14-,17-,19+/m1/s1. The van der Waals surface area contributed by atoms with Crippen LogP contribution in [0.4, 0.5) is 4.79 Å². The molecule has 14 heteroatoms. The van der Waals surface area contributed by atoms with Gasteiger partial charge in [-0.25, -0.2) is 9.59 Å². The summed E-state index contributed by atoms with van der Waals surface area (Å²) < 4.78 is 18.7. The number of rotatable bonds is 8. The molecule has 0 aliphatic carbocycles. The van der Waals surface area contributed by atoms with Crippen molar-refractivity contribution in [2.45, 2.75) is 34.5 Å². The first-order chi connectivity index (χ1) is 16.5. The molecule has 0 radical (unpaired) electrons. The number of carbonyl (C=O) groups is 4. The molecule has 1 aromatic carbocycles. The third-order valence-corrected chi connectivity index (χ3v) is 6.52. The van der Waals surface area contributed by atoms with Crippen molar-refractivity contribution in [3.63, 3.8) is 0 Å². The van der Waals surface area contributed by atoms with Gasteiger partial charge >= 0.3 is 12.1 Å². The van der Waals surface area contributed by atoms with Gasteiger partial charge in [-0.1, -0.05) is 64.8 Å². The van der Waals surface area contributed by atoms with E-state index in [0.29, 0.717) is 5.75 Å². The smallest absolute Gasteiger partial charge is 0.484 e. The Balaban J connectivity index is 1.75. The molecule has 1 aromatic rings. The van der Waals surface area contributed by atoms with Gasteiger partial charge in [-0.3, -0.25) is 14.5 Å². The van der Waals surface area contributed by atoms with E-state index >= 15 is 0 Å². The number of benzene rings is 1. The van der Waals surface area contributed by atoms with Gasteiger partial charge in [0, 0.05) is 5.57 Å². The third-order valence-electron chi connectivity index (χ3n) is 4.73. The molecule has 2 aliphatic heterocycles. The SMILES string of the molecule is CCOC(=O)O[C@H]1S[C@@H]2[C@H](NC(=O)COc3ccccc3)C(=O)N2C(C(=O)OCC(Cl)(Cl)Cl)=C1C. The number of β-lactam (4-membered cyclic amide) rings is 1. The van der Waals surface area contributed by atoms with E-state index in [4.69, 9.17) is 53.8 Å². The van der Waals surface area contributed by atoms with Gasteiger partial charge in [0.05, 0.1) is 6.61 Å². The summed E-state index contributed by atoms with van der Waals surface area (Å²) in [6.45, 7) is 2.26. The first kappa shape index (κ1) is 27.3. The second kappa shape index (κ2) is 11.6. The molecule has 35 heavy (non-hydrogen) atoms. The van der Waals surface area contributed by atoms with Crippen LogP contribution in [-0.2, 0) is 28.6 Å². The number of amides is 2. The van der Waals surface area contributed by atoms with Crippen LogP contribution in [0, 0.1) is 0 Å². The molecule has 2 heterocycles. The molecule has 0 bridgehead atoms. The molecule has 2 aliphatic rings. The lowest BCUT2D eigenvalue weighted by Crippen LogP contribution is -2.71. The molecule has 3 atom stereocenters. The van der Waals surface area contributed by atoms with Gasteiger partial charge in [0.25, 0.3) is 11.8 Å². The van der Waals surface area contributed by atoms with Crippen molar-refractivity contribution in [1.29, 1.82) is 0 Å². The van der Waals surface area contributed by atoms with E-state index in [2.05, 4.69) is 5.32 Å². The summed E-state index contributed by atoms with van der Waals surface area (Å²) in [5, 5.41) is 1.80. The topological polar surface area (TPSA) is 120 Å². The van der Waals surface area contributed by atoms with Crippen molar-refractivity contribution in [3.05, 3.63) is 41.6 Å². The highest BCUT2D eigenvalue weighted by Crippen LogP contribution is 2.45. The van der Waals surface area contributed by atoms with Gasteiger partial charge in [-0.15, -0.1) is 0 Å². The summed E-state index contributed by atoms with van der Waals surface area (Å²) in [4.78, 5) is 51.2. The molecule has 2 amide bonds. The first-order valence-electron chi connectivity index (χ1n) is 10.3. The fourth-order valence-electron chi connectivity index (χ4n) is 3.22.